The first-order chi connectivity index (χ1) is 16.6. The molecule has 180 valence electrons. The molecular formula is C32H28Cl2SiZr-2. The summed E-state index contributed by atoms with van der Waals surface area (Å²) in [6, 6.07) is 36.0. The monoisotopic (exact) mass is 600 g/mol. The Morgan fingerprint density at radius 1 is 0.750 bits per heavy atom. The minimum atomic E-state index is -0.499. The van der Waals surface area contributed by atoms with Gasteiger partial charge in [0.25, 0.3) is 0 Å². The molecule has 0 saturated carbocycles. The SMILES string of the molecule is Cc1cccc([Si](=[Zr+2])c2cccc(C)c2)c1.[C-]1=CC=CC1.[Cl-].[Cl-].[c-]1cccc2c1Cc1ccccc1-2. The number of hydrogen-bond acceptors (Lipinski definition) is 0. The summed E-state index contributed by atoms with van der Waals surface area (Å²) in [5.41, 5.74) is 7.75. The van der Waals surface area contributed by atoms with Crippen molar-refractivity contribution in [2.75, 3.05) is 0 Å². The van der Waals surface area contributed by atoms with E-state index in [0.29, 0.717) is 0 Å². The molecule has 4 aromatic carbocycles. The Balaban J connectivity index is 0.000000205. The number of allylic oxidation sites excluding steroid dienone is 4. The topological polar surface area (TPSA) is 0 Å². The molecule has 0 bridgehead atoms. The minimum Gasteiger partial charge on any atom is -1.00 e. The number of rotatable bonds is 2. The van der Waals surface area contributed by atoms with E-state index in [0.717, 1.165) is 12.8 Å². The van der Waals surface area contributed by atoms with Crippen LogP contribution in [0.25, 0.3) is 11.1 Å². The van der Waals surface area contributed by atoms with E-state index in [1.807, 2.05) is 18.2 Å². The van der Waals surface area contributed by atoms with Gasteiger partial charge in [0.05, 0.1) is 0 Å². The Kier molecular flexibility index (Phi) is 12.9. The molecule has 0 aliphatic heterocycles. The van der Waals surface area contributed by atoms with E-state index >= 15 is 0 Å². The van der Waals surface area contributed by atoms with Gasteiger partial charge in [-0.25, -0.2) is 12.2 Å². The predicted octanol–water partition coefficient (Wildman–Crippen LogP) is 0.328. The molecule has 2 aliphatic carbocycles. The van der Waals surface area contributed by atoms with Crippen LogP contribution in [0.5, 0.6) is 0 Å². The number of benzene rings is 4. The number of aryl methyl sites for hydroxylation is 2. The third kappa shape index (κ3) is 8.29. The van der Waals surface area contributed by atoms with Crippen LogP contribution in [-0.4, -0.2) is 5.43 Å². The van der Waals surface area contributed by atoms with Crippen molar-refractivity contribution in [2.24, 2.45) is 0 Å². The summed E-state index contributed by atoms with van der Waals surface area (Å²) in [5.74, 6) is 0. The van der Waals surface area contributed by atoms with Crippen LogP contribution in [0, 0.1) is 26.0 Å². The molecule has 6 rings (SSSR count). The second kappa shape index (κ2) is 15.3. The van der Waals surface area contributed by atoms with E-state index in [4.69, 9.17) is 0 Å². The molecule has 36 heavy (non-hydrogen) atoms. The fourth-order valence-electron chi connectivity index (χ4n) is 4.11. The molecule has 4 aromatic rings. The molecule has 2 aliphatic rings. The quantitative estimate of drug-likeness (QED) is 0.202. The van der Waals surface area contributed by atoms with Crippen LogP contribution < -0.4 is 35.2 Å². The molecule has 0 radical (unpaired) electrons. The van der Waals surface area contributed by atoms with Crippen molar-refractivity contribution >= 4 is 15.8 Å². The zero-order valence-corrected chi connectivity index (χ0v) is 25.5. The third-order valence-electron chi connectivity index (χ3n) is 5.82. The van der Waals surface area contributed by atoms with Crippen LogP contribution >= 0.6 is 0 Å². The van der Waals surface area contributed by atoms with Gasteiger partial charge in [0.2, 0.25) is 0 Å². The van der Waals surface area contributed by atoms with Crippen molar-refractivity contribution in [1.82, 2.24) is 0 Å². The van der Waals surface area contributed by atoms with E-state index in [-0.39, 0.29) is 24.8 Å². The van der Waals surface area contributed by atoms with Crippen LogP contribution in [-0.2, 0) is 29.8 Å². The van der Waals surface area contributed by atoms with Crippen molar-refractivity contribution in [3.8, 4) is 11.1 Å². The molecule has 0 unspecified atom stereocenters. The van der Waals surface area contributed by atoms with Gasteiger partial charge in [-0.1, -0.05) is 35.4 Å². The molecular weight excluding hydrogens is 575 g/mol. The van der Waals surface area contributed by atoms with Crippen LogP contribution in [0.1, 0.15) is 28.7 Å². The van der Waals surface area contributed by atoms with Crippen LogP contribution in [0.3, 0.4) is 0 Å². The summed E-state index contributed by atoms with van der Waals surface area (Å²) in [6.07, 6.45) is 11.0. The van der Waals surface area contributed by atoms with Gasteiger partial charge >= 0.3 is 113 Å². The minimum absolute atomic E-state index is 0. The van der Waals surface area contributed by atoms with Gasteiger partial charge in [0.15, 0.2) is 0 Å². The second-order valence-corrected chi connectivity index (χ2v) is 14.1. The van der Waals surface area contributed by atoms with Gasteiger partial charge in [-0.2, -0.15) is 35.9 Å². The molecule has 0 saturated heterocycles. The number of fused-ring (bicyclic) bond motifs is 3. The predicted molar refractivity (Wildman–Crippen MR) is 142 cm³/mol. The maximum atomic E-state index is 3.30. The van der Waals surface area contributed by atoms with Crippen molar-refractivity contribution in [1.29, 1.82) is 0 Å². The van der Waals surface area contributed by atoms with E-state index in [9.17, 15) is 0 Å². The van der Waals surface area contributed by atoms with E-state index in [2.05, 4.69) is 117 Å². The molecule has 0 fully saturated rings. The van der Waals surface area contributed by atoms with Gasteiger partial charge < -0.3 is 24.8 Å². The molecule has 0 nitrogen and oxygen atoms in total. The van der Waals surface area contributed by atoms with Crippen LogP contribution in [0.4, 0.5) is 0 Å². The normalized spacial score (nSPS) is 11.4. The van der Waals surface area contributed by atoms with Crippen molar-refractivity contribution in [2.45, 2.75) is 26.7 Å². The van der Waals surface area contributed by atoms with Crippen LogP contribution in [0.2, 0.25) is 0 Å². The summed E-state index contributed by atoms with van der Waals surface area (Å²) in [5, 5.41) is 3.07. The smallest absolute Gasteiger partial charge is 0.0253 e. The van der Waals surface area contributed by atoms with E-state index in [1.54, 1.807) is 23.3 Å². The number of halogens is 2. The summed E-state index contributed by atoms with van der Waals surface area (Å²) in [6.45, 7) is 4.34. The summed E-state index contributed by atoms with van der Waals surface area (Å²) < 4.78 is 0. The van der Waals surface area contributed by atoms with E-state index < -0.39 is 5.43 Å². The average molecular weight is 603 g/mol. The molecule has 0 aromatic heterocycles. The largest absolute Gasteiger partial charge is 1.00 e. The van der Waals surface area contributed by atoms with Crippen molar-refractivity contribution in [3.05, 3.63) is 144 Å². The van der Waals surface area contributed by atoms with Crippen LogP contribution in [0.15, 0.2) is 109 Å². The van der Waals surface area contributed by atoms with Crippen molar-refractivity contribution < 1.29 is 48.1 Å². The van der Waals surface area contributed by atoms with Gasteiger partial charge in [-0.05, 0) is 6.42 Å². The Labute approximate surface area is 243 Å². The molecule has 0 atom stereocenters. The Hall–Kier alpha value is -1.96. The Morgan fingerprint density at radius 2 is 1.39 bits per heavy atom. The fraction of sp³-hybridized carbons (Fsp3) is 0.125. The summed E-state index contributed by atoms with van der Waals surface area (Å²) in [7, 11) is 0. The van der Waals surface area contributed by atoms with E-state index in [1.165, 1.54) is 43.8 Å². The van der Waals surface area contributed by atoms with Gasteiger partial charge in [-0.15, -0.1) is 12.0 Å². The molecule has 0 heterocycles. The van der Waals surface area contributed by atoms with Gasteiger partial charge in [0.1, 0.15) is 0 Å². The maximum absolute atomic E-state index is 3.30. The first-order valence-corrected chi connectivity index (χ1v) is 16.8. The zero-order valence-electron chi connectivity index (χ0n) is 20.6. The number of hydrogen-bond donors (Lipinski definition) is 0. The van der Waals surface area contributed by atoms with Gasteiger partial charge in [-0.3, -0.25) is 6.08 Å². The standard InChI is InChI=1S/C14H14Si.C13H9.C5H5.2ClH.Zr/c1-11-5-3-7-13(9-11)15-14-8-4-6-12(2)10-14;1-3-7-12-10(5-1)9-11-6-2-4-8-13(11)12;1-2-4-5-3-1;;;/h3-10H,1-2H3;1-5,7-8H,9H2;1-3H,4H2;2*1H;/q;2*-1;;;+2/p-2. The average Bonchev–Trinajstić information content (AvgIpc) is 3.56. The Morgan fingerprint density at radius 3 is 1.94 bits per heavy atom. The summed E-state index contributed by atoms with van der Waals surface area (Å²) >= 11 is 1.65. The fourth-order valence-corrected chi connectivity index (χ4v) is 8.00. The summed E-state index contributed by atoms with van der Waals surface area (Å²) in [4.78, 5) is 0. The third-order valence-corrected chi connectivity index (χ3v) is 11.9. The molecule has 0 N–H and O–H groups in total. The first kappa shape index (κ1) is 30.3. The second-order valence-electron chi connectivity index (χ2n) is 8.51. The zero-order chi connectivity index (χ0) is 23.8. The first-order valence-electron chi connectivity index (χ1n) is 11.6. The maximum Gasteiger partial charge on any atom is -0.0253 e. The molecule has 0 amide bonds. The molecule has 0 spiro atoms. The van der Waals surface area contributed by atoms with Crippen molar-refractivity contribution in [3.63, 3.8) is 0 Å². The van der Waals surface area contributed by atoms with Gasteiger partial charge in [0, 0.05) is 0 Å². The Bertz CT molecular complexity index is 1260. The molecule has 4 heteroatoms.